The first-order valence-electron chi connectivity index (χ1n) is 8.15. The topological polar surface area (TPSA) is 45.2 Å². The molecule has 1 atom stereocenters. The maximum absolute atomic E-state index is 13.8. The second-order valence-corrected chi connectivity index (χ2v) is 6.10. The molecule has 1 fully saturated rings. The summed E-state index contributed by atoms with van der Waals surface area (Å²) in [6, 6.07) is 1.72. The third-order valence-corrected chi connectivity index (χ3v) is 4.46. The van der Waals surface area contributed by atoms with Gasteiger partial charge in [-0.25, -0.2) is 0 Å². The summed E-state index contributed by atoms with van der Waals surface area (Å²) in [6.07, 6.45) is -8.64. The number of halogens is 6. The average molecular weight is 383 g/mol. The fraction of sp³-hybridized carbons (Fsp3) is 0.625. The Morgan fingerprint density at radius 1 is 1.23 bits per heavy atom. The van der Waals surface area contributed by atoms with E-state index in [2.05, 4.69) is 4.98 Å². The van der Waals surface area contributed by atoms with Gasteiger partial charge in [-0.05, 0) is 24.5 Å². The number of aromatic nitrogens is 1. The Morgan fingerprint density at radius 2 is 1.88 bits per heavy atom. The number of amides is 1. The fourth-order valence-corrected chi connectivity index (χ4v) is 3.24. The summed E-state index contributed by atoms with van der Waals surface area (Å²) in [5.41, 5.74) is -4.20. The SMILES string of the molecule is CCC(=O)NC(N1CCCC[C@H]1c1cccnc1)(C(F)(F)F)C(F)(F)F. The van der Waals surface area contributed by atoms with Crippen molar-refractivity contribution >= 4 is 5.91 Å². The van der Waals surface area contributed by atoms with E-state index in [9.17, 15) is 31.1 Å². The maximum atomic E-state index is 13.8. The minimum atomic E-state index is -5.76. The summed E-state index contributed by atoms with van der Waals surface area (Å²) in [5, 5.41) is 1.25. The summed E-state index contributed by atoms with van der Waals surface area (Å²) < 4.78 is 83.1. The fourth-order valence-electron chi connectivity index (χ4n) is 3.24. The molecule has 4 nitrogen and oxygen atoms in total. The Kier molecular flexibility index (Phi) is 5.84. The molecule has 1 saturated heterocycles. The van der Waals surface area contributed by atoms with E-state index in [0.29, 0.717) is 11.3 Å². The van der Waals surface area contributed by atoms with Gasteiger partial charge >= 0.3 is 12.4 Å². The molecular weight excluding hydrogens is 364 g/mol. The first kappa shape index (κ1) is 20.5. The molecule has 0 aliphatic carbocycles. The Labute approximate surface area is 146 Å². The highest BCUT2D eigenvalue weighted by Crippen LogP contribution is 2.50. The number of hydrogen-bond donors (Lipinski definition) is 1. The smallest absolute Gasteiger partial charge is 0.323 e. The van der Waals surface area contributed by atoms with Gasteiger partial charge in [0.05, 0.1) is 0 Å². The summed E-state index contributed by atoms with van der Waals surface area (Å²) in [4.78, 5) is 15.8. The van der Waals surface area contributed by atoms with Crippen LogP contribution in [0.4, 0.5) is 26.3 Å². The van der Waals surface area contributed by atoms with E-state index < -0.39 is 42.9 Å². The first-order chi connectivity index (χ1) is 12.0. The molecule has 1 aromatic heterocycles. The van der Waals surface area contributed by atoms with E-state index in [1.165, 1.54) is 36.8 Å². The van der Waals surface area contributed by atoms with Crippen LogP contribution in [0.3, 0.4) is 0 Å². The lowest BCUT2D eigenvalue weighted by atomic mass is 9.91. The molecule has 1 amide bonds. The van der Waals surface area contributed by atoms with Gasteiger partial charge in [-0.1, -0.05) is 19.4 Å². The van der Waals surface area contributed by atoms with Crippen molar-refractivity contribution in [3.05, 3.63) is 30.1 Å². The van der Waals surface area contributed by atoms with Crippen molar-refractivity contribution in [1.82, 2.24) is 15.2 Å². The van der Waals surface area contributed by atoms with Crippen molar-refractivity contribution in [2.45, 2.75) is 56.7 Å². The zero-order valence-electron chi connectivity index (χ0n) is 14.0. The average Bonchev–Trinajstić information content (AvgIpc) is 2.58. The van der Waals surface area contributed by atoms with Gasteiger partial charge in [-0.3, -0.25) is 14.7 Å². The zero-order chi connectivity index (χ0) is 19.6. The van der Waals surface area contributed by atoms with Gasteiger partial charge in [0, 0.05) is 31.4 Å². The number of carbonyl (C=O) groups excluding carboxylic acids is 1. The molecular formula is C16H19F6N3O. The number of likely N-dealkylation sites (tertiary alicyclic amines) is 1. The lowest BCUT2D eigenvalue weighted by molar-refractivity contribution is -0.357. The van der Waals surface area contributed by atoms with Crippen molar-refractivity contribution in [3.63, 3.8) is 0 Å². The van der Waals surface area contributed by atoms with E-state index in [4.69, 9.17) is 0 Å². The van der Waals surface area contributed by atoms with E-state index >= 15 is 0 Å². The van der Waals surface area contributed by atoms with Gasteiger partial charge < -0.3 is 5.32 Å². The number of piperidine rings is 1. The molecule has 146 valence electrons. The van der Waals surface area contributed by atoms with E-state index in [1.54, 1.807) is 0 Å². The third-order valence-electron chi connectivity index (χ3n) is 4.46. The quantitative estimate of drug-likeness (QED) is 0.801. The van der Waals surface area contributed by atoms with Gasteiger partial charge in [0.1, 0.15) is 0 Å². The van der Waals surface area contributed by atoms with Crippen LogP contribution in [0, 0.1) is 0 Å². The van der Waals surface area contributed by atoms with E-state index in [0.717, 1.165) is 0 Å². The summed E-state index contributed by atoms with van der Waals surface area (Å²) in [5.74, 6) is -1.32. The number of nitrogens with zero attached hydrogens (tertiary/aromatic N) is 2. The molecule has 2 rings (SSSR count). The summed E-state index contributed by atoms with van der Waals surface area (Å²) in [6.45, 7) is 0.740. The lowest BCUT2D eigenvalue weighted by Gasteiger charge is -2.50. The monoisotopic (exact) mass is 383 g/mol. The van der Waals surface area contributed by atoms with Crippen LogP contribution in [0.15, 0.2) is 24.5 Å². The maximum Gasteiger partial charge on any atom is 0.434 e. The van der Waals surface area contributed by atoms with Gasteiger partial charge in [0.25, 0.3) is 5.66 Å². The Morgan fingerprint density at radius 3 is 2.38 bits per heavy atom. The number of alkyl halides is 6. The number of carbonyl (C=O) groups is 1. The van der Waals surface area contributed by atoms with Crippen LogP contribution >= 0.6 is 0 Å². The molecule has 0 saturated carbocycles. The second-order valence-electron chi connectivity index (χ2n) is 6.10. The molecule has 0 bridgehead atoms. The summed E-state index contributed by atoms with van der Waals surface area (Å²) in [7, 11) is 0. The van der Waals surface area contributed by atoms with Crippen molar-refractivity contribution in [2.75, 3.05) is 6.54 Å². The van der Waals surface area contributed by atoms with Crippen LogP contribution in [0.1, 0.15) is 44.2 Å². The molecule has 26 heavy (non-hydrogen) atoms. The molecule has 1 aliphatic rings. The van der Waals surface area contributed by atoms with Crippen LogP contribution in [-0.4, -0.2) is 40.4 Å². The highest BCUT2D eigenvalue weighted by Gasteiger charge is 2.75. The Balaban J connectivity index is 2.62. The van der Waals surface area contributed by atoms with Crippen molar-refractivity contribution in [1.29, 1.82) is 0 Å². The van der Waals surface area contributed by atoms with Crippen LogP contribution < -0.4 is 5.32 Å². The molecule has 0 radical (unpaired) electrons. The van der Waals surface area contributed by atoms with Crippen LogP contribution in [-0.2, 0) is 4.79 Å². The van der Waals surface area contributed by atoms with Crippen molar-refractivity contribution in [3.8, 4) is 0 Å². The normalized spacial score (nSPS) is 20.0. The minimum absolute atomic E-state index is 0.0988. The van der Waals surface area contributed by atoms with Gasteiger partial charge in [0.2, 0.25) is 5.91 Å². The summed E-state index contributed by atoms with van der Waals surface area (Å²) >= 11 is 0. The predicted octanol–water partition coefficient (Wildman–Crippen LogP) is 3.96. The molecule has 0 aromatic carbocycles. The minimum Gasteiger partial charge on any atom is -0.323 e. The number of rotatable bonds is 4. The lowest BCUT2D eigenvalue weighted by Crippen LogP contribution is -2.77. The van der Waals surface area contributed by atoms with Gasteiger partial charge in [0.15, 0.2) is 0 Å². The Hall–Kier alpha value is -1.84. The largest absolute Gasteiger partial charge is 0.434 e. The van der Waals surface area contributed by atoms with E-state index in [-0.39, 0.29) is 18.4 Å². The zero-order valence-corrected chi connectivity index (χ0v) is 14.0. The first-order valence-corrected chi connectivity index (χ1v) is 8.15. The van der Waals surface area contributed by atoms with Crippen LogP contribution in [0.2, 0.25) is 0 Å². The molecule has 2 heterocycles. The third kappa shape index (κ3) is 3.65. The number of pyridine rings is 1. The molecule has 1 aromatic rings. The highest BCUT2D eigenvalue weighted by atomic mass is 19.4. The van der Waals surface area contributed by atoms with E-state index in [1.807, 2.05) is 0 Å². The predicted molar refractivity (Wildman–Crippen MR) is 80.8 cm³/mol. The highest BCUT2D eigenvalue weighted by molar-refractivity contribution is 5.76. The second kappa shape index (κ2) is 7.42. The molecule has 10 heteroatoms. The molecule has 0 unspecified atom stereocenters. The van der Waals surface area contributed by atoms with Gasteiger partial charge in [-0.2, -0.15) is 26.3 Å². The Bertz CT molecular complexity index is 603. The van der Waals surface area contributed by atoms with Crippen molar-refractivity contribution < 1.29 is 31.1 Å². The number of hydrogen-bond acceptors (Lipinski definition) is 3. The van der Waals surface area contributed by atoms with Crippen molar-refractivity contribution in [2.24, 2.45) is 0 Å². The van der Waals surface area contributed by atoms with Crippen LogP contribution in [0.5, 0.6) is 0 Å². The van der Waals surface area contributed by atoms with Gasteiger partial charge in [-0.15, -0.1) is 0 Å². The number of nitrogens with one attached hydrogen (secondary N) is 1. The molecule has 1 N–H and O–H groups in total. The van der Waals surface area contributed by atoms with Crippen LogP contribution in [0.25, 0.3) is 0 Å². The molecule has 0 spiro atoms. The molecule has 1 aliphatic heterocycles. The standard InChI is InChI=1S/C16H19F6N3O/c1-2-13(26)24-14(15(17,18)19,16(20,21)22)25-9-4-3-7-12(25)11-6-5-8-23-10-11/h5-6,8,10,12H,2-4,7,9H2,1H3,(H,24,26)/t12-/m0/s1.